The molecule has 0 aromatic heterocycles. The second kappa shape index (κ2) is 8.09. The molecule has 4 nitrogen and oxygen atoms in total. The molecular formula is C18H25FN2O2. The maximum absolute atomic E-state index is 13.0. The van der Waals surface area contributed by atoms with Crippen LogP contribution in [0.15, 0.2) is 24.3 Å². The van der Waals surface area contributed by atoms with Gasteiger partial charge >= 0.3 is 0 Å². The van der Waals surface area contributed by atoms with Crippen molar-refractivity contribution >= 4 is 11.8 Å². The molecule has 0 aliphatic carbocycles. The number of hydrogen-bond acceptors (Lipinski definition) is 2. The normalized spacial score (nSPS) is 15.5. The lowest BCUT2D eigenvalue weighted by Gasteiger charge is -2.29. The van der Waals surface area contributed by atoms with Gasteiger partial charge in [-0.1, -0.05) is 6.92 Å². The van der Waals surface area contributed by atoms with E-state index in [-0.39, 0.29) is 23.7 Å². The van der Waals surface area contributed by atoms with E-state index in [4.69, 9.17) is 0 Å². The number of likely N-dealkylation sites (tertiary alicyclic amines) is 1. The first kappa shape index (κ1) is 17.4. The summed E-state index contributed by atoms with van der Waals surface area (Å²) in [6.07, 6.45) is 3.28. The maximum atomic E-state index is 13.0. The summed E-state index contributed by atoms with van der Waals surface area (Å²) < 4.78 is 13.0. The van der Waals surface area contributed by atoms with Crippen molar-refractivity contribution in [2.75, 3.05) is 19.6 Å². The number of carbonyl (C=O) groups is 2. The molecule has 23 heavy (non-hydrogen) atoms. The number of halogens is 1. The van der Waals surface area contributed by atoms with Gasteiger partial charge in [-0.15, -0.1) is 0 Å². The zero-order valence-corrected chi connectivity index (χ0v) is 13.9. The second-order valence-electron chi connectivity index (χ2n) is 6.10. The van der Waals surface area contributed by atoms with E-state index in [2.05, 4.69) is 0 Å². The third-order valence-corrected chi connectivity index (χ3v) is 4.50. The van der Waals surface area contributed by atoms with Gasteiger partial charge in [0.25, 0.3) is 5.91 Å². The molecule has 1 aliphatic rings. The minimum Gasteiger partial charge on any atom is -0.343 e. The number of nitrogens with zero attached hydrogens (tertiary/aromatic N) is 2. The van der Waals surface area contributed by atoms with Crippen LogP contribution in [0.2, 0.25) is 0 Å². The molecule has 2 rings (SSSR count). The predicted molar refractivity (Wildman–Crippen MR) is 87.6 cm³/mol. The standard InChI is InChI=1S/C18H25FN2O2/c1-3-14(2)21(13-10-17(22)20-11-4-5-12-20)18(23)15-6-8-16(19)9-7-15/h6-9,14H,3-5,10-13H2,1-2H3/t14-/m0/s1. The Hall–Kier alpha value is -1.91. The second-order valence-corrected chi connectivity index (χ2v) is 6.10. The van der Waals surface area contributed by atoms with Crippen LogP contribution in [0.5, 0.6) is 0 Å². The molecule has 1 fully saturated rings. The minimum atomic E-state index is -0.360. The van der Waals surface area contributed by atoms with Gasteiger partial charge in [-0.2, -0.15) is 0 Å². The third-order valence-electron chi connectivity index (χ3n) is 4.50. The lowest BCUT2D eigenvalue weighted by Crippen LogP contribution is -2.41. The fourth-order valence-corrected chi connectivity index (χ4v) is 2.84. The van der Waals surface area contributed by atoms with Gasteiger partial charge in [0.15, 0.2) is 0 Å². The van der Waals surface area contributed by atoms with Gasteiger partial charge in [0, 0.05) is 37.7 Å². The molecular weight excluding hydrogens is 295 g/mol. The quantitative estimate of drug-likeness (QED) is 0.808. The molecule has 0 unspecified atom stereocenters. The first-order valence-corrected chi connectivity index (χ1v) is 8.37. The fourth-order valence-electron chi connectivity index (χ4n) is 2.84. The molecule has 1 saturated heterocycles. The lowest BCUT2D eigenvalue weighted by molar-refractivity contribution is -0.130. The zero-order valence-electron chi connectivity index (χ0n) is 13.9. The van der Waals surface area contributed by atoms with Crippen molar-refractivity contribution < 1.29 is 14.0 Å². The van der Waals surface area contributed by atoms with Crippen LogP contribution in [-0.4, -0.2) is 47.3 Å². The van der Waals surface area contributed by atoms with Crippen LogP contribution < -0.4 is 0 Å². The highest BCUT2D eigenvalue weighted by Crippen LogP contribution is 2.14. The number of hydrogen-bond donors (Lipinski definition) is 0. The smallest absolute Gasteiger partial charge is 0.254 e. The molecule has 126 valence electrons. The molecule has 1 atom stereocenters. The van der Waals surface area contributed by atoms with Gasteiger partial charge < -0.3 is 9.80 Å². The molecule has 0 radical (unpaired) electrons. The molecule has 0 bridgehead atoms. The van der Waals surface area contributed by atoms with E-state index in [9.17, 15) is 14.0 Å². The maximum Gasteiger partial charge on any atom is 0.254 e. The summed E-state index contributed by atoms with van der Waals surface area (Å²) in [6, 6.07) is 5.61. The summed E-state index contributed by atoms with van der Waals surface area (Å²) in [4.78, 5) is 28.5. The number of amides is 2. The molecule has 5 heteroatoms. The first-order valence-electron chi connectivity index (χ1n) is 8.37. The van der Waals surface area contributed by atoms with Crippen LogP contribution in [0.25, 0.3) is 0 Å². The van der Waals surface area contributed by atoms with E-state index >= 15 is 0 Å². The monoisotopic (exact) mass is 320 g/mol. The Labute approximate surface area is 137 Å². The molecule has 1 heterocycles. The largest absolute Gasteiger partial charge is 0.343 e. The highest BCUT2D eigenvalue weighted by molar-refractivity contribution is 5.94. The van der Waals surface area contributed by atoms with E-state index in [1.807, 2.05) is 18.7 Å². The Morgan fingerprint density at radius 1 is 1.22 bits per heavy atom. The van der Waals surface area contributed by atoms with Crippen molar-refractivity contribution in [2.45, 2.75) is 45.6 Å². The van der Waals surface area contributed by atoms with E-state index in [1.165, 1.54) is 24.3 Å². The number of benzene rings is 1. The summed E-state index contributed by atoms with van der Waals surface area (Å²) in [5.41, 5.74) is 0.459. The Bertz CT molecular complexity index is 538. The van der Waals surface area contributed by atoms with E-state index < -0.39 is 0 Å². The van der Waals surface area contributed by atoms with Gasteiger partial charge in [-0.25, -0.2) is 4.39 Å². The van der Waals surface area contributed by atoms with Crippen molar-refractivity contribution in [3.63, 3.8) is 0 Å². The van der Waals surface area contributed by atoms with Gasteiger partial charge in [-0.3, -0.25) is 9.59 Å². The van der Waals surface area contributed by atoms with E-state index in [1.54, 1.807) is 4.90 Å². The topological polar surface area (TPSA) is 40.6 Å². The molecule has 1 aromatic rings. The predicted octanol–water partition coefficient (Wildman–Crippen LogP) is 3.08. The first-order chi connectivity index (χ1) is 11.0. The van der Waals surface area contributed by atoms with Crippen molar-refractivity contribution in [2.24, 2.45) is 0 Å². The Morgan fingerprint density at radius 2 is 1.83 bits per heavy atom. The van der Waals surface area contributed by atoms with Crippen molar-refractivity contribution in [3.8, 4) is 0 Å². The van der Waals surface area contributed by atoms with Gasteiger partial charge in [-0.05, 0) is 50.5 Å². The van der Waals surface area contributed by atoms with Gasteiger partial charge in [0.1, 0.15) is 5.82 Å². The summed E-state index contributed by atoms with van der Waals surface area (Å²) >= 11 is 0. The molecule has 2 amide bonds. The summed E-state index contributed by atoms with van der Waals surface area (Å²) in [5.74, 6) is -0.392. The average molecular weight is 320 g/mol. The number of carbonyl (C=O) groups excluding carboxylic acids is 2. The fraction of sp³-hybridized carbons (Fsp3) is 0.556. The van der Waals surface area contributed by atoms with Crippen LogP contribution in [0, 0.1) is 5.82 Å². The summed E-state index contributed by atoms with van der Waals surface area (Å²) in [6.45, 7) is 6.04. The highest BCUT2D eigenvalue weighted by atomic mass is 19.1. The molecule has 0 saturated carbocycles. The van der Waals surface area contributed by atoms with Gasteiger partial charge in [0.2, 0.25) is 5.91 Å². The lowest BCUT2D eigenvalue weighted by atomic mass is 10.1. The SMILES string of the molecule is CC[C@H](C)N(CCC(=O)N1CCCC1)C(=O)c1ccc(F)cc1. The van der Waals surface area contributed by atoms with Crippen LogP contribution in [0.4, 0.5) is 4.39 Å². The molecule has 1 aliphatic heterocycles. The summed E-state index contributed by atoms with van der Waals surface area (Å²) in [7, 11) is 0. The number of rotatable bonds is 6. The van der Waals surface area contributed by atoms with Gasteiger partial charge in [0.05, 0.1) is 0 Å². The van der Waals surface area contributed by atoms with Crippen molar-refractivity contribution in [3.05, 3.63) is 35.6 Å². The summed E-state index contributed by atoms with van der Waals surface area (Å²) in [5, 5.41) is 0. The Kier molecular flexibility index (Phi) is 6.13. The molecule has 1 aromatic carbocycles. The molecule has 0 N–H and O–H groups in total. The zero-order chi connectivity index (χ0) is 16.8. The van der Waals surface area contributed by atoms with E-state index in [0.29, 0.717) is 18.5 Å². The van der Waals surface area contributed by atoms with E-state index in [0.717, 1.165) is 32.4 Å². The van der Waals surface area contributed by atoms with Crippen LogP contribution >= 0.6 is 0 Å². The minimum absolute atomic E-state index is 0.0407. The Balaban J connectivity index is 2.02. The van der Waals surface area contributed by atoms with Crippen molar-refractivity contribution in [1.29, 1.82) is 0 Å². The van der Waals surface area contributed by atoms with Crippen LogP contribution in [0.3, 0.4) is 0 Å². The van der Waals surface area contributed by atoms with Crippen molar-refractivity contribution in [1.82, 2.24) is 9.80 Å². The Morgan fingerprint density at radius 3 is 2.39 bits per heavy atom. The average Bonchev–Trinajstić information content (AvgIpc) is 3.09. The van der Waals surface area contributed by atoms with Crippen LogP contribution in [0.1, 0.15) is 49.9 Å². The third kappa shape index (κ3) is 4.53. The van der Waals surface area contributed by atoms with Crippen LogP contribution in [-0.2, 0) is 4.79 Å². The highest BCUT2D eigenvalue weighted by Gasteiger charge is 2.23. The molecule has 0 spiro atoms.